The lowest BCUT2D eigenvalue weighted by atomic mass is 9.72. The van der Waals surface area contributed by atoms with Crippen molar-refractivity contribution < 1.29 is 4.74 Å². The van der Waals surface area contributed by atoms with Gasteiger partial charge in [0, 0.05) is 7.11 Å². The third-order valence-corrected chi connectivity index (χ3v) is 3.61. The van der Waals surface area contributed by atoms with Gasteiger partial charge < -0.3 is 10.5 Å². The third-order valence-electron chi connectivity index (χ3n) is 3.61. The molecular weight excluding hydrogens is 186 g/mol. The van der Waals surface area contributed by atoms with Crippen molar-refractivity contribution in [2.75, 3.05) is 7.11 Å². The zero-order valence-corrected chi connectivity index (χ0v) is 9.49. The summed E-state index contributed by atoms with van der Waals surface area (Å²) in [5.74, 6) is 0. The molecule has 1 aliphatic carbocycles. The summed E-state index contributed by atoms with van der Waals surface area (Å²) in [6, 6.07) is 8.45. The molecule has 0 bridgehead atoms. The molecule has 2 rings (SSSR count). The summed E-state index contributed by atoms with van der Waals surface area (Å²) in [7, 11) is 1.77. The van der Waals surface area contributed by atoms with Gasteiger partial charge in [-0.05, 0) is 31.7 Å². The van der Waals surface area contributed by atoms with Crippen LogP contribution in [0.15, 0.2) is 24.3 Å². The smallest absolute Gasteiger partial charge is 0.0870 e. The Morgan fingerprint density at radius 1 is 1.27 bits per heavy atom. The Balaban J connectivity index is 2.19. The normalized spacial score (nSPS) is 20.7. The second-order valence-corrected chi connectivity index (χ2v) is 4.51. The second-order valence-electron chi connectivity index (χ2n) is 4.51. The Bertz CT molecular complexity index is 321. The first-order valence-corrected chi connectivity index (χ1v) is 5.55. The number of aryl methyl sites for hydroxylation is 1. The first-order chi connectivity index (χ1) is 7.18. The highest BCUT2D eigenvalue weighted by molar-refractivity contribution is 5.27. The third kappa shape index (κ3) is 1.80. The number of ether oxygens (including phenoxy) is 1. The van der Waals surface area contributed by atoms with Gasteiger partial charge in [0.25, 0.3) is 0 Å². The van der Waals surface area contributed by atoms with E-state index in [0.717, 1.165) is 12.8 Å². The first-order valence-electron chi connectivity index (χ1n) is 5.55. The fraction of sp³-hybridized carbons (Fsp3) is 0.538. The van der Waals surface area contributed by atoms with Crippen LogP contribution in [0.1, 0.15) is 36.4 Å². The summed E-state index contributed by atoms with van der Waals surface area (Å²) in [6.07, 6.45) is 3.39. The first kappa shape index (κ1) is 10.7. The van der Waals surface area contributed by atoms with E-state index in [1.54, 1.807) is 7.11 Å². The Kier molecular flexibility index (Phi) is 2.81. The van der Waals surface area contributed by atoms with Crippen LogP contribution in [0.5, 0.6) is 0 Å². The molecule has 82 valence electrons. The number of hydrogen-bond acceptors (Lipinski definition) is 2. The van der Waals surface area contributed by atoms with Crippen LogP contribution in [0.2, 0.25) is 0 Å². The van der Waals surface area contributed by atoms with Gasteiger partial charge in [0.2, 0.25) is 0 Å². The quantitative estimate of drug-likeness (QED) is 0.823. The van der Waals surface area contributed by atoms with E-state index >= 15 is 0 Å². The highest BCUT2D eigenvalue weighted by Gasteiger charge is 2.43. The fourth-order valence-corrected chi connectivity index (χ4v) is 2.24. The molecule has 0 saturated heterocycles. The van der Waals surface area contributed by atoms with Gasteiger partial charge in [0.15, 0.2) is 0 Å². The lowest BCUT2D eigenvalue weighted by Crippen LogP contribution is -2.48. The van der Waals surface area contributed by atoms with Crippen LogP contribution >= 0.6 is 0 Å². The van der Waals surface area contributed by atoms with Gasteiger partial charge in [0.1, 0.15) is 0 Å². The number of benzene rings is 1. The summed E-state index contributed by atoms with van der Waals surface area (Å²) in [5.41, 5.74) is 8.62. The van der Waals surface area contributed by atoms with E-state index < -0.39 is 0 Å². The topological polar surface area (TPSA) is 35.2 Å². The van der Waals surface area contributed by atoms with E-state index in [0.29, 0.717) is 0 Å². The monoisotopic (exact) mass is 205 g/mol. The SMILES string of the molecule is COC1(C(N)c2ccc(C)cc2)CCC1. The van der Waals surface area contributed by atoms with Crippen LogP contribution < -0.4 is 5.73 Å². The Morgan fingerprint density at radius 3 is 2.27 bits per heavy atom. The van der Waals surface area contributed by atoms with Gasteiger partial charge in [-0.25, -0.2) is 0 Å². The molecule has 0 amide bonds. The summed E-state index contributed by atoms with van der Waals surface area (Å²) < 4.78 is 5.60. The largest absolute Gasteiger partial charge is 0.376 e. The molecule has 0 spiro atoms. The molecule has 1 aromatic carbocycles. The number of methoxy groups -OCH3 is 1. The average Bonchev–Trinajstić information content (AvgIpc) is 2.18. The fourth-order valence-electron chi connectivity index (χ4n) is 2.24. The minimum absolute atomic E-state index is 0.0110. The predicted octanol–water partition coefficient (Wildman–Crippen LogP) is 2.56. The predicted molar refractivity (Wildman–Crippen MR) is 61.7 cm³/mol. The zero-order valence-electron chi connectivity index (χ0n) is 9.49. The minimum Gasteiger partial charge on any atom is -0.376 e. The van der Waals surface area contributed by atoms with Crippen molar-refractivity contribution in [3.8, 4) is 0 Å². The molecule has 0 aromatic heterocycles. The Morgan fingerprint density at radius 2 is 1.87 bits per heavy atom. The Labute approximate surface area is 91.4 Å². The highest BCUT2D eigenvalue weighted by atomic mass is 16.5. The van der Waals surface area contributed by atoms with E-state index in [-0.39, 0.29) is 11.6 Å². The van der Waals surface area contributed by atoms with Crippen molar-refractivity contribution in [1.82, 2.24) is 0 Å². The molecule has 0 aliphatic heterocycles. The minimum atomic E-state index is -0.102. The lowest BCUT2D eigenvalue weighted by molar-refractivity contribution is -0.0911. The molecule has 2 heteroatoms. The van der Waals surface area contributed by atoms with Crippen molar-refractivity contribution in [2.24, 2.45) is 5.73 Å². The van der Waals surface area contributed by atoms with Crippen LogP contribution in [0.3, 0.4) is 0 Å². The zero-order chi connectivity index (χ0) is 10.9. The maximum atomic E-state index is 6.27. The van der Waals surface area contributed by atoms with Crippen LogP contribution in [-0.2, 0) is 4.74 Å². The molecule has 2 nitrogen and oxygen atoms in total. The Hall–Kier alpha value is -0.860. The molecular formula is C13H19NO. The standard InChI is InChI=1S/C13H19NO/c1-10-4-6-11(7-5-10)12(14)13(15-2)8-3-9-13/h4-7,12H,3,8-9,14H2,1-2H3. The maximum absolute atomic E-state index is 6.27. The van der Waals surface area contributed by atoms with Gasteiger partial charge >= 0.3 is 0 Å². The van der Waals surface area contributed by atoms with Gasteiger partial charge in [-0.3, -0.25) is 0 Å². The summed E-state index contributed by atoms with van der Waals surface area (Å²) >= 11 is 0. The molecule has 1 aliphatic rings. The van der Waals surface area contributed by atoms with Crippen molar-refractivity contribution in [2.45, 2.75) is 37.8 Å². The van der Waals surface area contributed by atoms with Crippen molar-refractivity contribution >= 4 is 0 Å². The van der Waals surface area contributed by atoms with E-state index in [2.05, 4.69) is 31.2 Å². The molecule has 1 fully saturated rings. The van der Waals surface area contributed by atoms with Crippen LogP contribution in [0.25, 0.3) is 0 Å². The summed E-state index contributed by atoms with van der Waals surface area (Å²) in [4.78, 5) is 0. The van der Waals surface area contributed by atoms with Gasteiger partial charge in [-0.1, -0.05) is 29.8 Å². The summed E-state index contributed by atoms with van der Waals surface area (Å²) in [5, 5.41) is 0. The lowest BCUT2D eigenvalue weighted by Gasteiger charge is -2.45. The molecule has 1 unspecified atom stereocenters. The molecule has 1 aromatic rings. The van der Waals surface area contributed by atoms with Crippen molar-refractivity contribution in [3.05, 3.63) is 35.4 Å². The highest BCUT2D eigenvalue weighted by Crippen LogP contribution is 2.43. The molecule has 0 radical (unpaired) electrons. The van der Waals surface area contributed by atoms with Crippen LogP contribution in [0, 0.1) is 6.92 Å². The average molecular weight is 205 g/mol. The molecule has 0 heterocycles. The maximum Gasteiger partial charge on any atom is 0.0870 e. The van der Waals surface area contributed by atoms with Gasteiger partial charge in [-0.15, -0.1) is 0 Å². The van der Waals surface area contributed by atoms with Gasteiger partial charge in [-0.2, -0.15) is 0 Å². The number of rotatable bonds is 3. The van der Waals surface area contributed by atoms with Crippen LogP contribution in [-0.4, -0.2) is 12.7 Å². The molecule has 1 atom stereocenters. The summed E-state index contributed by atoms with van der Waals surface area (Å²) in [6.45, 7) is 2.09. The second kappa shape index (κ2) is 3.95. The van der Waals surface area contributed by atoms with E-state index in [1.165, 1.54) is 17.5 Å². The van der Waals surface area contributed by atoms with Gasteiger partial charge in [0.05, 0.1) is 11.6 Å². The van der Waals surface area contributed by atoms with Crippen LogP contribution in [0.4, 0.5) is 0 Å². The molecule has 1 saturated carbocycles. The molecule has 2 N–H and O–H groups in total. The number of nitrogens with two attached hydrogens (primary N) is 1. The van der Waals surface area contributed by atoms with E-state index in [1.807, 2.05) is 0 Å². The van der Waals surface area contributed by atoms with E-state index in [9.17, 15) is 0 Å². The molecule has 15 heavy (non-hydrogen) atoms. The van der Waals surface area contributed by atoms with Crippen molar-refractivity contribution in [1.29, 1.82) is 0 Å². The van der Waals surface area contributed by atoms with E-state index in [4.69, 9.17) is 10.5 Å². The van der Waals surface area contributed by atoms with Crippen molar-refractivity contribution in [3.63, 3.8) is 0 Å². The number of hydrogen-bond donors (Lipinski definition) is 1.